The standard InChI is InChI=1S/C20H21N3O.2ClH/c24-20-18(17-8-4-5-9-19(17)21-20)10-11-22-12-14-23(15-13-22)16-6-2-1-3-7-16;;/h1-9H,10-15H2;2*1H. The Kier molecular flexibility index (Phi) is 7.21. The van der Waals surface area contributed by atoms with Gasteiger partial charge in [-0.2, -0.15) is 0 Å². The molecule has 2 aliphatic rings. The second-order valence-corrected chi connectivity index (χ2v) is 6.33. The minimum absolute atomic E-state index is 0. The number of benzene rings is 2. The van der Waals surface area contributed by atoms with E-state index >= 15 is 0 Å². The van der Waals surface area contributed by atoms with Crippen molar-refractivity contribution in [2.45, 2.75) is 6.42 Å². The molecule has 0 spiro atoms. The largest absolute Gasteiger partial charge is 0.369 e. The lowest BCUT2D eigenvalue weighted by Crippen LogP contribution is -2.46. The fourth-order valence-corrected chi connectivity index (χ4v) is 3.50. The van der Waals surface area contributed by atoms with Gasteiger partial charge in [-0.25, -0.2) is 4.99 Å². The number of piperazine rings is 1. The minimum Gasteiger partial charge on any atom is -0.369 e. The van der Waals surface area contributed by atoms with E-state index in [1.54, 1.807) is 0 Å². The summed E-state index contributed by atoms with van der Waals surface area (Å²) in [4.78, 5) is 21.1. The molecular formula is C20H23Cl2N3O. The molecule has 0 aliphatic carbocycles. The molecule has 138 valence electrons. The zero-order chi connectivity index (χ0) is 16.4. The Morgan fingerprint density at radius 1 is 0.846 bits per heavy atom. The molecule has 0 N–H and O–H groups in total. The number of carbonyl (C=O) groups is 1. The van der Waals surface area contributed by atoms with E-state index in [0.29, 0.717) is 0 Å². The first-order valence-corrected chi connectivity index (χ1v) is 8.55. The number of anilines is 1. The van der Waals surface area contributed by atoms with Crippen LogP contribution in [0.2, 0.25) is 0 Å². The molecule has 1 amide bonds. The Hall–Kier alpha value is -1.88. The maximum Gasteiger partial charge on any atom is 0.274 e. The third-order valence-electron chi connectivity index (χ3n) is 4.88. The van der Waals surface area contributed by atoms with Crippen LogP contribution in [0.4, 0.5) is 5.69 Å². The van der Waals surface area contributed by atoms with Crippen LogP contribution in [-0.4, -0.2) is 43.5 Å². The number of fused-ring (bicyclic) bond motifs is 1. The molecular weight excluding hydrogens is 369 g/mol. The molecule has 26 heavy (non-hydrogen) atoms. The van der Waals surface area contributed by atoms with Crippen molar-refractivity contribution in [3.63, 3.8) is 0 Å². The molecule has 0 bridgehead atoms. The lowest BCUT2D eigenvalue weighted by Gasteiger charge is -2.36. The van der Waals surface area contributed by atoms with E-state index in [1.165, 1.54) is 5.69 Å². The van der Waals surface area contributed by atoms with Crippen molar-refractivity contribution in [3.05, 3.63) is 65.2 Å². The van der Waals surface area contributed by atoms with Gasteiger partial charge in [0.15, 0.2) is 0 Å². The number of nitrogens with zero attached hydrogens (tertiary/aromatic N) is 3. The second kappa shape index (κ2) is 9.17. The van der Waals surface area contributed by atoms with Crippen LogP contribution in [0.1, 0.15) is 6.42 Å². The van der Waals surface area contributed by atoms with E-state index in [1.807, 2.05) is 24.3 Å². The Labute approximate surface area is 166 Å². The quantitative estimate of drug-likeness (QED) is 0.799. The first kappa shape index (κ1) is 20.4. The van der Waals surface area contributed by atoms with E-state index in [0.717, 1.165) is 55.3 Å². The molecule has 2 aromatic rings. The van der Waals surface area contributed by atoms with Crippen LogP contribution in [0.25, 0.3) is 5.57 Å². The molecule has 0 atom stereocenters. The fourth-order valence-electron chi connectivity index (χ4n) is 3.50. The molecule has 1 saturated heterocycles. The summed E-state index contributed by atoms with van der Waals surface area (Å²) < 4.78 is 0. The monoisotopic (exact) mass is 391 g/mol. The number of halogens is 2. The Morgan fingerprint density at radius 2 is 1.50 bits per heavy atom. The number of hydrogen-bond acceptors (Lipinski definition) is 3. The highest BCUT2D eigenvalue weighted by atomic mass is 35.5. The molecule has 4 nitrogen and oxygen atoms in total. The summed E-state index contributed by atoms with van der Waals surface area (Å²) in [6.45, 7) is 5.07. The van der Waals surface area contributed by atoms with E-state index in [2.05, 4.69) is 45.1 Å². The minimum atomic E-state index is -0.0564. The number of hydrogen-bond donors (Lipinski definition) is 0. The zero-order valence-electron chi connectivity index (χ0n) is 14.5. The van der Waals surface area contributed by atoms with Crippen molar-refractivity contribution in [2.24, 2.45) is 4.99 Å². The summed E-state index contributed by atoms with van der Waals surface area (Å²) in [5.41, 5.74) is 2.17. The van der Waals surface area contributed by atoms with Gasteiger partial charge in [-0.3, -0.25) is 9.69 Å². The maximum absolute atomic E-state index is 12.1. The Morgan fingerprint density at radius 3 is 2.23 bits per heavy atom. The summed E-state index contributed by atoms with van der Waals surface area (Å²) in [6.07, 6.45) is 0.782. The molecule has 4 rings (SSSR count). The molecule has 2 aromatic carbocycles. The lowest BCUT2D eigenvalue weighted by molar-refractivity contribution is -0.112. The summed E-state index contributed by atoms with van der Waals surface area (Å²) >= 11 is 0. The molecule has 1 fully saturated rings. The van der Waals surface area contributed by atoms with Gasteiger partial charge in [0.1, 0.15) is 0 Å². The van der Waals surface area contributed by atoms with Crippen LogP contribution >= 0.6 is 24.8 Å². The van der Waals surface area contributed by atoms with Crippen molar-refractivity contribution >= 4 is 42.0 Å². The van der Waals surface area contributed by atoms with Gasteiger partial charge in [-0.15, -0.1) is 24.8 Å². The van der Waals surface area contributed by atoms with Gasteiger partial charge in [-0.05, 0) is 24.6 Å². The van der Waals surface area contributed by atoms with Crippen molar-refractivity contribution in [1.29, 1.82) is 0 Å². The number of carbonyl (C=O) groups excluding carboxylic acids is 1. The number of amides is 1. The van der Waals surface area contributed by atoms with Gasteiger partial charge in [0.05, 0.1) is 5.36 Å². The third kappa shape index (κ3) is 4.26. The molecule has 0 radical (unpaired) electrons. The highest BCUT2D eigenvalue weighted by molar-refractivity contribution is 6.15. The molecule has 0 unspecified atom stereocenters. The predicted octanol–water partition coefficient (Wildman–Crippen LogP) is 2.05. The van der Waals surface area contributed by atoms with Gasteiger partial charge in [0.2, 0.25) is 0 Å². The number of para-hydroxylation sites is 2. The maximum atomic E-state index is 12.1. The Bertz CT molecular complexity index is 862. The van der Waals surface area contributed by atoms with Crippen LogP contribution in [0.15, 0.2) is 59.6 Å². The SMILES string of the molecule is Cl.Cl.O=C1N=c2ccccc2=C1CCN1CCN(c2ccccc2)CC1. The van der Waals surface area contributed by atoms with E-state index in [9.17, 15) is 4.79 Å². The van der Waals surface area contributed by atoms with Gasteiger partial charge >= 0.3 is 0 Å². The van der Waals surface area contributed by atoms with Crippen molar-refractivity contribution in [2.75, 3.05) is 37.6 Å². The fraction of sp³-hybridized carbons (Fsp3) is 0.300. The molecule has 2 aliphatic heterocycles. The van der Waals surface area contributed by atoms with Crippen LogP contribution in [0.3, 0.4) is 0 Å². The zero-order valence-corrected chi connectivity index (χ0v) is 16.1. The van der Waals surface area contributed by atoms with Gasteiger partial charge in [0, 0.05) is 49.2 Å². The van der Waals surface area contributed by atoms with Gasteiger partial charge < -0.3 is 4.90 Å². The van der Waals surface area contributed by atoms with E-state index in [4.69, 9.17) is 0 Å². The Balaban J connectivity index is 0.00000121. The third-order valence-corrected chi connectivity index (χ3v) is 4.88. The second-order valence-electron chi connectivity index (χ2n) is 6.33. The summed E-state index contributed by atoms with van der Waals surface area (Å²) in [6, 6.07) is 18.4. The summed E-state index contributed by atoms with van der Waals surface area (Å²) in [5.74, 6) is -0.0564. The molecule has 2 heterocycles. The molecule has 0 saturated carbocycles. The van der Waals surface area contributed by atoms with Gasteiger partial charge in [-0.1, -0.05) is 36.4 Å². The lowest BCUT2D eigenvalue weighted by atomic mass is 10.1. The average Bonchev–Trinajstić information content (AvgIpc) is 2.96. The smallest absolute Gasteiger partial charge is 0.274 e. The van der Waals surface area contributed by atoms with E-state index < -0.39 is 0 Å². The average molecular weight is 392 g/mol. The van der Waals surface area contributed by atoms with Crippen LogP contribution in [-0.2, 0) is 4.79 Å². The van der Waals surface area contributed by atoms with Crippen molar-refractivity contribution in [3.8, 4) is 0 Å². The highest BCUT2D eigenvalue weighted by Crippen LogP contribution is 2.16. The van der Waals surface area contributed by atoms with E-state index in [-0.39, 0.29) is 30.7 Å². The molecule has 6 heteroatoms. The normalized spacial score (nSPS) is 16.4. The summed E-state index contributed by atoms with van der Waals surface area (Å²) in [7, 11) is 0. The first-order valence-electron chi connectivity index (χ1n) is 8.55. The van der Waals surface area contributed by atoms with Crippen LogP contribution in [0, 0.1) is 0 Å². The summed E-state index contributed by atoms with van der Waals surface area (Å²) in [5, 5.41) is 1.84. The first-order chi connectivity index (χ1) is 11.8. The van der Waals surface area contributed by atoms with Crippen molar-refractivity contribution < 1.29 is 4.79 Å². The predicted molar refractivity (Wildman–Crippen MR) is 110 cm³/mol. The van der Waals surface area contributed by atoms with Crippen molar-refractivity contribution in [1.82, 2.24) is 4.90 Å². The van der Waals surface area contributed by atoms with Gasteiger partial charge in [0.25, 0.3) is 5.91 Å². The molecule has 0 aromatic heterocycles. The number of rotatable bonds is 4. The van der Waals surface area contributed by atoms with Crippen LogP contribution in [0.5, 0.6) is 0 Å². The van der Waals surface area contributed by atoms with Crippen LogP contribution < -0.4 is 15.5 Å². The highest BCUT2D eigenvalue weighted by Gasteiger charge is 2.20. The topological polar surface area (TPSA) is 35.9 Å².